The van der Waals surface area contributed by atoms with E-state index in [0.717, 1.165) is 17.0 Å². The maximum absolute atomic E-state index is 11.6. The molecule has 2 nitrogen and oxygen atoms in total. The molecule has 0 aliphatic carbocycles. The van der Waals surface area contributed by atoms with Gasteiger partial charge >= 0.3 is 5.97 Å². The van der Waals surface area contributed by atoms with Crippen molar-refractivity contribution in [3.8, 4) is 0 Å². The molecule has 18 heavy (non-hydrogen) atoms. The number of ether oxygens (including phenoxy) is 1. The zero-order chi connectivity index (χ0) is 13.8. The number of esters is 1. The van der Waals surface area contributed by atoms with Gasteiger partial charge in [0.15, 0.2) is 0 Å². The van der Waals surface area contributed by atoms with Gasteiger partial charge in [0.2, 0.25) is 0 Å². The molecular weight excluding hydrogens is 248 g/mol. The van der Waals surface area contributed by atoms with Crippen molar-refractivity contribution in [3.05, 3.63) is 34.9 Å². The second-order valence-electron chi connectivity index (χ2n) is 5.55. The molecule has 0 saturated carbocycles. The molecule has 1 rings (SSSR count). The summed E-state index contributed by atoms with van der Waals surface area (Å²) < 4.78 is 5.28. The summed E-state index contributed by atoms with van der Waals surface area (Å²) in [6.07, 6.45) is 1.17. The van der Waals surface area contributed by atoms with Gasteiger partial charge in [0.25, 0.3) is 0 Å². The Morgan fingerprint density at radius 3 is 2.50 bits per heavy atom. The molecule has 0 aliphatic rings. The molecule has 3 heteroatoms. The average Bonchev–Trinajstić information content (AvgIpc) is 2.24. The van der Waals surface area contributed by atoms with Crippen molar-refractivity contribution in [2.45, 2.75) is 52.1 Å². The fraction of sp³-hybridized carbons (Fsp3) is 0.533. The van der Waals surface area contributed by atoms with Crippen molar-refractivity contribution in [1.82, 2.24) is 0 Å². The first-order valence-corrected chi connectivity index (χ1v) is 6.63. The Morgan fingerprint density at radius 2 is 1.94 bits per heavy atom. The minimum absolute atomic E-state index is 0.151. The minimum atomic E-state index is -0.412. The summed E-state index contributed by atoms with van der Waals surface area (Å²) in [6.45, 7) is 7.71. The highest BCUT2D eigenvalue weighted by atomic mass is 35.5. The zero-order valence-electron chi connectivity index (χ0n) is 11.5. The minimum Gasteiger partial charge on any atom is -0.460 e. The van der Waals surface area contributed by atoms with Gasteiger partial charge in [-0.05, 0) is 44.7 Å². The van der Waals surface area contributed by atoms with Crippen LogP contribution in [-0.2, 0) is 9.53 Å². The van der Waals surface area contributed by atoms with Gasteiger partial charge in [0.1, 0.15) is 5.60 Å². The molecule has 1 aromatic carbocycles. The molecule has 0 saturated heterocycles. The van der Waals surface area contributed by atoms with E-state index in [1.165, 1.54) is 0 Å². The van der Waals surface area contributed by atoms with Crippen LogP contribution in [0.4, 0.5) is 0 Å². The molecule has 0 amide bonds. The lowest BCUT2D eigenvalue weighted by Crippen LogP contribution is -2.23. The largest absolute Gasteiger partial charge is 0.460 e. The van der Waals surface area contributed by atoms with Crippen LogP contribution in [0.5, 0.6) is 0 Å². The molecule has 0 bridgehead atoms. The van der Waals surface area contributed by atoms with Crippen molar-refractivity contribution < 1.29 is 9.53 Å². The van der Waals surface area contributed by atoms with Crippen molar-refractivity contribution in [2.75, 3.05) is 0 Å². The standard InChI is InChI=1S/C15H21ClO2/c1-11(12-7-5-6-8-13(12)16)9-10-14(17)18-15(2,3)4/h5-8,11H,9-10H2,1-4H3. The molecule has 0 fully saturated rings. The van der Waals surface area contributed by atoms with Gasteiger partial charge in [-0.15, -0.1) is 0 Å². The third-order valence-electron chi connectivity index (χ3n) is 2.64. The van der Waals surface area contributed by atoms with E-state index in [2.05, 4.69) is 6.92 Å². The van der Waals surface area contributed by atoms with Crippen LogP contribution in [0, 0.1) is 0 Å². The second-order valence-corrected chi connectivity index (χ2v) is 5.95. The van der Waals surface area contributed by atoms with E-state index in [-0.39, 0.29) is 11.9 Å². The van der Waals surface area contributed by atoms with Gasteiger partial charge in [-0.25, -0.2) is 0 Å². The normalized spacial score (nSPS) is 13.2. The number of benzene rings is 1. The lowest BCUT2D eigenvalue weighted by atomic mass is 9.96. The molecule has 0 N–H and O–H groups in total. The maximum atomic E-state index is 11.6. The van der Waals surface area contributed by atoms with Crippen molar-refractivity contribution >= 4 is 17.6 Å². The predicted molar refractivity (Wildman–Crippen MR) is 74.9 cm³/mol. The quantitative estimate of drug-likeness (QED) is 0.748. The van der Waals surface area contributed by atoms with E-state index in [9.17, 15) is 4.79 Å². The third-order valence-corrected chi connectivity index (χ3v) is 2.98. The van der Waals surface area contributed by atoms with E-state index < -0.39 is 5.60 Å². The predicted octanol–water partition coefficient (Wildman–Crippen LogP) is 4.57. The van der Waals surface area contributed by atoms with E-state index in [0.29, 0.717) is 6.42 Å². The number of hydrogen-bond acceptors (Lipinski definition) is 2. The van der Waals surface area contributed by atoms with Crippen LogP contribution in [0.15, 0.2) is 24.3 Å². The fourth-order valence-corrected chi connectivity index (χ4v) is 2.08. The third kappa shape index (κ3) is 5.09. The second kappa shape index (κ2) is 6.24. The molecule has 0 heterocycles. The number of halogens is 1. The summed E-state index contributed by atoms with van der Waals surface area (Å²) in [6, 6.07) is 7.75. The topological polar surface area (TPSA) is 26.3 Å². The molecule has 1 unspecified atom stereocenters. The first kappa shape index (κ1) is 15.0. The lowest BCUT2D eigenvalue weighted by molar-refractivity contribution is -0.155. The Hall–Kier alpha value is -1.02. The summed E-state index contributed by atoms with van der Waals surface area (Å²) in [5, 5.41) is 0.759. The summed E-state index contributed by atoms with van der Waals surface area (Å²) in [5.74, 6) is 0.104. The lowest BCUT2D eigenvalue weighted by Gasteiger charge is -2.20. The van der Waals surface area contributed by atoms with Crippen LogP contribution >= 0.6 is 11.6 Å². The monoisotopic (exact) mass is 268 g/mol. The highest BCUT2D eigenvalue weighted by Crippen LogP contribution is 2.27. The smallest absolute Gasteiger partial charge is 0.306 e. The fourth-order valence-electron chi connectivity index (χ4n) is 1.76. The summed E-state index contributed by atoms with van der Waals surface area (Å²) in [4.78, 5) is 11.6. The first-order valence-electron chi connectivity index (χ1n) is 6.26. The van der Waals surface area contributed by atoms with Crippen LogP contribution in [0.2, 0.25) is 5.02 Å². The molecule has 1 aromatic rings. The average molecular weight is 269 g/mol. The molecule has 0 spiro atoms. The Bertz CT molecular complexity index is 407. The number of carbonyl (C=O) groups excluding carboxylic acids is 1. The Kier molecular flexibility index (Phi) is 5.21. The summed E-state index contributed by atoms with van der Waals surface area (Å²) in [5.41, 5.74) is 0.674. The Morgan fingerprint density at radius 1 is 1.33 bits per heavy atom. The molecule has 0 radical (unpaired) electrons. The van der Waals surface area contributed by atoms with Crippen LogP contribution < -0.4 is 0 Å². The van der Waals surface area contributed by atoms with Gasteiger partial charge in [-0.3, -0.25) is 4.79 Å². The SMILES string of the molecule is CC(CCC(=O)OC(C)(C)C)c1ccccc1Cl. The van der Waals surface area contributed by atoms with Gasteiger partial charge < -0.3 is 4.74 Å². The Balaban J connectivity index is 2.49. The van der Waals surface area contributed by atoms with Gasteiger partial charge in [0, 0.05) is 11.4 Å². The zero-order valence-corrected chi connectivity index (χ0v) is 12.3. The molecule has 1 atom stereocenters. The van der Waals surface area contributed by atoms with Gasteiger partial charge in [-0.2, -0.15) is 0 Å². The number of carbonyl (C=O) groups is 1. The van der Waals surface area contributed by atoms with E-state index in [1.54, 1.807) is 0 Å². The van der Waals surface area contributed by atoms with Gasteiger partial charge in [0.05, 0.1) is 0 Å². The van der Waals surface area contributed by atoms with Crippen LogP contribution in [0.1, 0.15) is 52.0 Å². The molecular formula is C15H21ClO2. The van der Waals surface area contributed by atoms with E-state index in [4.69, 9.17) is 16.3 Å². The maximum Gasteiger partial charge on any atom is 0.306 e. The number of hydrogen-bond donors (Lipinski definition) is 0. The van der Waals surface area contributed by atoms with Gasteiger partial charge in [-0.1, -0.05) is 36.7 Å². The highest BCUT2D eigenvalue weighted by Gasteiger charge is 2.17. The first-order chi connectivity index (χ1) is 8.29. The molecule has 100 valence electrons. The summed E-state index contributed by atoms with van der Waals surface area (Å²) >= 11 is 6.12. The Labute approximate surface area is 114 Å². The van der Waals surface area contributed by atoms with E-state index in [1.807, 2.05) is 45.0 Å². The van der Waals surface area contributed by atoms with E-state index >= 15 is 0 Å². The van der Waals surface area contributed by atoms with Crippen LogP contribution in [0.3, 0.4) is 0 Å². The van der Waals surface area contributed by atoms with Crippen LogP contribution in [-0.4, -0.2) is 11.6 Å². The number of rotatable bonds is 4. The summed E-state index contributed by atoms with van der Waals surface area (Å²) in [7, 11) is 0. The molecule has 0 aromatic heterocycles. The van der Waals surface area contributed by atoms with Crippen molar-refractivity contribution in [2.24, 2.45) is 0 Å². The van der Waals surface area contributed by atoms with Crippen LogP contribution in [0.25, 0.3) is 0 Å². The van der Waals surface area contributed by atoms with Crippen molar-refractivity contribution in [1.29, 1.82) is 0 Å². The highest BCUT2D eigenvalue weighted by molar-refractivity contribution is 6.31. The molecule has 0 aliphatic heterocycles. The van der Waals surface area contributed by atoms with Crippen molar-refractivity contribution in [3.63, 3.8) is 0 Å².